The van der Waals surface area contributed by atoms with E-state index >= 15 is 0 Å². The van der Waals surface area contributed by atoms with Crippen LogP contribution in [0.15, 0.2) is 58.3 Å². The van der Waals surface area contributed by atoms with Gasteiger partial charge >= 0.3 is 6.09 Å². The number of amides is 1. The van der Waals surface area contributed by atoms with Crippen LogP contribution in [0.1, 0.15) is 38.5 Å². The zero-order valence-corrected chi connectivity index (χ0v) is 18.2. The number of carbonyl (C=O) groups is 1. The van der Waals surface area contributed by atoms with Crippen LogP contribution in [0, 0.1) is 0 Å². The Kier molecular flexibility index (Phi) is 5.25. The fourth-order valence-corrected chi connectivity index (χ4v) is 7.89. The highest BCUT2D eigenvalue weighted by molar-refractivity contribution is 7.96. The molecule has 0 aliphatic carbocycles. The minimum atomic E-state index is -4.04. The lowest BCUT2D eigenvalue weighted by Crippen LogP contribution is -2.28. The maximum Gasteiger partial charge on any atom is 0.412 e. The van der Waals surface area contributed by atoms with Crippen LogP contribution < -0.4 is 5.32 Å². The van der Waals surface area contributed by atoms with Gasteiger partial charge < -0.3 is 4.74 Å². The van der Waals surface area contributed by atoms with Gasteiger partial charge in [-0.25, -0.2) is 21.6 Å². The van der Waals surface area contributed by atoms with Gasteiger partial charge in [-0.05, 0) is 52.0 Å². The molecule has 7 nitrogen and oxygen atoms in total. The van der Waals surface area contributed by atoms with Crippen LogP contribution in [0.5, 0.6) is 0 Å². The molecular formula is C20H23NO6S2. The van der Waals surface area contributed by atoms with E-state index in [4.69, 9.17) is 4.74 Å². The highest BCUT2D eigenvalue weighted by atomic mass is 32.2. The van der Waals surface area contributed by atoms with Gasteiger partial charge in [0.2, 0.25) is 0 Å². The lowest BCUT2D eigenvalue weighted by Gasteiger charge is -2.22. The summed E-state index contributed by atoms with van der Waals surface area (Å²) in [6.45, 7) is 6.45. The second kappa shape index (κ2) is 7.14. The van der Waals surface area contributed by atoms with E-state index in [-0.39, 0.29) is 21.0 Å². The van der Waals surface area contributed by atoms with E-state index in [9.17, 15) is 21.6 Å². The summed E-state index contributed by atoms with van der Waals surface area (Å²) in [4.78, 5) is 12.2. The number of benzene rings is 2. The smallest absolute Gasteiger partial charge is 0.412 e. The number of fused-ring (bicyclic) bond motifs is 1. The molecule has 0 saturated heterocycles. The predicted octanol–water partition coefficient (Wildman–Crippen LogP) is 3.72. The molecule has 2 aromatic rings. The van der Waals surface area contributed by atoms with Crippen molar-refractivity contribution in [2.75, 3.05) is 5.32 Å². The molecule has 2 unspecified atom stereocenters. The summed E-state index contributed by atoms with van der Waals surface area (Å²) in [6, 6.07) is 12.0. The number of hydrogen-bond acceptors (Lipinski definition) is 6. The summed E-state index contributed by atoms with van der Waals surface area (Å²) < 4.78 is 57.8. The Hall–Kier alpha value is -2.39. The standard InChI is InChI=1S/C20H23NO6S2/c1-13-18(29(25,26)14-9-6-5-7-10-14)17-15(21-19(22)27-20(2,3)4)11-8-12-16(17)28(13,23)24/h5-13,18H,1-4H3,(H,21,22). The summed E-state index contributed by atoms with van der Waals surface area (Å²) in [5.74, 6) is 0. The van der Waals surface area contributed by atoms with Crippen molar-refractivity contribution in [1.29, 1.82) is 0 Å². The van der Waals surface area contributed by atoms with Crippen LogP contribution in [0.3, 0.4) is 0 Å². The zero-order chi connectivity index (χ0) is 21.6. The van der Waals surface area contributed by atoms with Crippen LogP contribution >= 0.6 is 0 Å². The summed E-state index contributed by atoms with van der Waals surface area (Å²) in [7, 11) is -7.93. The van der Waals surface area contributed by atoms with Crippen LogP contribution in [0.25, 0.3) is 0 Å². The predicted molar refractivity (Wildman–Crippen MR) is 109 cm³/mol. The van der Waals surface area contributed by atoms with E-state index < -0.39 is 41.9 Å². The van der Waals surface area contributed by atoms with Gasteiger partial charge in [0, 0.05) is 11.3 Å². The van der Waals surface area contributed by atoms with Crippen molar-refractivity contribution in [3.8, 4) is 0 Å². The molecule has 0 fully saturated rings. The molecule has 0 bridgehead atoms. The lowest BCUT2D eigenvalue weighted by atomic mass is 10.1. The monoisotopic (exact) mass is 437 g/mol. The van der Waals surface area contributed by atoms with Crippen molar-refractivity contribution >= 4 is 31.5 Å². The zero-order valence-electron chi connectivity index (χ0n) is 16.5. The highest BCUT2D eigenvalue weighted by Crippen LogP contribution is 2.48. The van der Waals surface area contributed by atoms with Gasteiger partial charge in [-0.3, -0.25) is 5.32 Å². The number of sulfone groups is 2. The minimum Gasteiger partial charge on any atom is -0.444 e. The Morgan fingerprint density at radius 1 is 1.03 bits per heavy atom. The maximum atomic E-state index is 13.4. The molecule has 2 aromatic carbocycles. The van der Waals surface area contributed by atoms with Gasteiger partial charge in [-0.1, -0.05) is 24.3 Å². The lowest BCUT2D eigenvalue weighted by molar-refractivity contribution is 0.0635. The first-order valence-electron chi connectivity index (χ1n) is 9.01. The third-order valence-corrected chi connectivity index (χ3v) is 9.25. The first kappa shape index (κ1) is 21.3. The van der Waals surface area contributed by atoms with E-state index in [0.717, 1.165) is 0 Å². The van der Waals surface area contributed by atoms with Crippen molar-refractivity contribution in [1.82, 2.24) is 0 Å². The molecule has 1 aliphatic rings. The molecule has 1 heterocycles. The van der Waals surface area contributed by atoms with E-state index in [1.54, 1.807) is 39.0 Å². The Morgan fingerprint density at radius 2 is 1.66 bits per heavy atom. The third kappa shape index (κ3) is 3.89. The fraction of sp³-hybridized carbons (Fsp3) is 0.350. The van der Waals surface area contributed by atoms with Crippen LogP contribution in [0.4, 0.5) is 10.5 Å². The van der Waals surface area contributed by atoms with Crippen LogP contribution in [0.2, 0.25) is 0 Å². The topological polar surface area (TPSA) is 107 Å². The molecule has 156 valence electrons. The molecule has 0 aromatic heterocycles. The van der Waals surface area contributed by atoms with Gasteiger partial charge in [0.1, 0.15) is 10.9 Å². The number of ether oxygens (including phenoxy) is 1. The van der Waals surface area contributed by atoms with Gasteiger partial charge in [0.25, 0.3) is 0 Å². The summed E-state index contributed by atoms with van der Waals surface area (Å²) in [6.07, 6.45) is -0.793. The molecule has 1 N–H and O–H groups in total. The second-order valence-electron chi connectivity index (χ2n) is 7.87. The summed E-state index contributed by atoms with van der Waals surface area (Å²) >= 11 is 0. The van der Waals surface area contributed by atoms with Gasteiger partial charge in [0.15, 0.2) is 19.7 Å². The van der Waals surface area contributed by atoms with Gasteiger partial charge in [0.05, 0.1) is 15.0 Å². The number of rotatable bonds is 3. The third-order valence-electron chi connectivity index (χ3n) is 4.61. The number of carbonyl (C=O) groups excluding carboxylic acids is 1. The molecule has 1 amide bonds. The number of anilines is 1. The van der Waals surface area contributed by atoms with Crippen molar-refractivity contribution < 1.29 is 26.4 Å². The summed E-state index contributed by atoms with van der Waals surface area (Å²) in [5.41, 5.74) is -0.597. The van der Waals surface area contributed by atoms with E-state index in [0.29, 0.717) is 0 Å². The van der Waals surface area contributed by atoms with Crippen LogP contribution in [-0.2, 0) is 24.4 Å². The maximum absolute atomic E-state index is 13.4. The molecule has 0 spiro atoms. The fourth-order valence-electron chi connectivity index (χ4n) is 3.37. The molecule has 1 aliphatic heterocycles. The molecule has 2 atom stereocenters. The average Bonchev–Trinajstić information content (AvgIpc) is 2.82. The Balaban J connectivity index is 2.16. The number of hydrogen-bond donors (Lipinski definition) is 1. The Morgan fingerprint density at radius 3 is 2.24 bits per heavy atom. The van der Waals surface area contributed by atoms with Crippen molar-refractivity contribution in [3.63, 3.8) is 0 Å². The normalized spacial score (nSPS) is 20.7. The molecule has 9 heteroatoms. The second-order valence-corrected chi connectivity index (χ2v) is 12.2. The SMILES string of the molecule is CC1C(S(=O)(=O)c2ccccc2)c2c(NC(=O)OC(C)(C)C)cccc2S1(=O)=O. The molecular weight excluding hydrogens is 414 g/mol. The van der Waals surface area contributed by atoms with E-state index in [1.807, 2.05) is 0 Å². The van der Waals surface area contributed by atoms with Gasteiger partial charge in [-0.15, -0.1) is 0 Å². The Labute approximate surface area is 170 Å². The Bertz CT molecular complexity index is 1150. The van der Waals surface area contributed by atoms with E-state index in [1.165, 1.54) is 37.3 Å². The first-order chi connectivity index (χ1) is 13.4. The van der Waals surface area contributed by atoms with Crippen LogP contribution in [-0.4, -0.2) is 33.8 Å². The minimum absolute atomic E-state index is 0.0203. The average molecular weight is 438 g/mol. The van der Waals surface area contributed by atoms with Crippen molar-refractivity contribution in [2.24, 2.45) is 0 Å². The van der Waals surface area contributed by atoms with Gasteiger partial charge in [-0.2, -0.15) is 0 Å². The summed E-state index contributed by atoms with van der Waals surface area (Å²) in [5, 5.41) is -0.0346. The largest absolute Gasteiger partial charge is 0.444 e. The molecule has 0 saturated carbocycles. The van der Waals surface area contributed by atoms with Crippen molar-refractivity contribution in [2.45, 2.75) is 53.6 Å². The van der Waals surface area contributed by atoms with E-state index in [2.05, 4.69) is 5.32 Å². The first-order valence-corrected chi connectivity index (χ1v) is 12.1. The van der Waals surface area contributed by atoms with Crippen molar-refractivity contribution in [3.05, 3.63) is 54.1 Å². The highest BCUT2D eigenvalue weighted by Gasteiger charge is 2.50. The number of nitrogens with one attached hydrogen (secondary N) is 1. The molecule has 3 rings (SSSR count). The molecule has 0 radical (unpaired) electrons. The molecule has 29 heavy (non-hydrogen) atoms. The quantitative estimate of drug-likeness (QED) is 0.784.